The lowest BCUT2D eigenvalue weighted by molar-refractivity contribution is 0.236. The minimum atomic E-state index is 0.181. The van der Waals surface area contributed by atoms with Gasteiger partial charge < -0.3 is 9.80 Å². The average molecular weight is 655 g/mol. The molecule has 2 heteroatoms. The third-order valence-corrected chi connectivity index (χ3v) is 9.90. The summed E-state index contributed by atoms with van der Waals surface area (Å²) in [7, 11) is 0. The SMILES string of the molecule is C=Cc1ccc(N(c2ccc(N(c3ccccc3)c3ccc(C(C(C)CCC)C(C)(C)C)cc3)cc2)c2ccc3ccccc3c2)cc1C=C. The lowest BCUT2D eigenvalue weighted by Crippen LogP contribution is -2.25. The fourth-order valence-corrected chi connectivity index (χ4v) is 7.74. The maximum atomic E-state index is 4.09. The Kier molecular flexibility index (Phi) is 10.4. The second-order valence-corrected chi connectivity index (χ2v) is 14.5. The minimum absolute atomic E-state index is 0.181. The molecule has 0 aliphatic heterocycles. The van der Waals surface area contributed by atoms with Gasteiger partial charge in [0.2, 0.25) is 0 Å². The van der Waals surface area contributed by atoms with Crippen LogP contribution in [0.3, 0.4) is 0 Å². The first-order chi connectivity index (χ1) is 24.2. The quantitative estimate of drug-likeness (QED) is 0.130. The minimum Gasteiger partial charge on any atom is -0.311 e. The Morgan fingerprint density at radius 1 is 0.540 bits per heavy atom. The van der Waals surface area contributed by atoms with E-state index in [1.165, 1.54) is 29.2 Å². The Morgan fingerprint density at radius 2 is 1.02 bits per heavy atom. The van der Waals surface area contributed by atoms with Crippen molar-refractivity contribution in [3.05, 3.63) is 169 Å². The fourth-order valence-electron chi connectivity index (χ4n) is 7.74. The van der Waals surface area contributed by atoms with Crippen LogP contribution in [0.1, 0.15) is 70.1 Å². The molecule has 2 nitrogen and oxygen atoms in total. The zero-order chi connectivity index (χ0) is 35.3. The first-order valence-electron chi connectivity index (χ1n) is 17.9. The third-order valence-electron chi connectivity index (χ3n) is 9.90. The van der Waals surface area contributed by atoms with Crippen molar-refractivity contribution < 1.29 is 0 Å². The van der Waals surface area contributed by atoms with Gasteiger partial charge in [-0.15, -0.1) is 0 Å². The second kappa shape index (κ2) is 15.0. The van der Waals surface area contributed by atoms with Crippen molar-refractivity contribution in [1.29, 1.82) is 0 Å². The van der Waals surface area contributed by atoms with Crippen LogP contribution in [0.4, 0.5) is 34.1 Å². The summed E-state index contributed by atoms with van der Waals surface area (Å²) in [5.74, 6) is 1.11. The van der Waals surface area contributed by atoms with E-state index >= 15 is 0 Å². The van der Waals surface area contributed by atoms with E-state index in [0.717, 1.165) is 45.3 Å². The summed E-state index contributed by atoms with van der Waals surface area (Å²) >= 11 is 0. The molecule has 0 radical (unpaired) electrons. The van der Waals surface area contributed by atoms with E-state index in [0.29, 0.717) is 11.8 Å². The number of anilines is 6. The predicted molar refractivity (Wildman–Crippen MR) is 220 cm³/mol. The fraction of sp³-hybridized carbons (Fsp3) is 0.208. The van der Waals surface area contributed by atoms with Crippen LogP contribution in [-0.2, 0) is 0 Å². The molecule has 0 spiro atoms. The highest BCUT2D eigenvalue weighted by molar-refractivity contribution is 5.90. The molecule has 0 saturated carbocycles. The van der Waals surface area contributed by atoms with E-state index in [4.69, 9.17) is 0 Å². The summed E-state index contributed by atoms with van der Waals surface area (Å²) in [6.07, 6.45) is 6.22. The molecular formula is C48H50N2. The largest absolute Gasteiger partial charge is 0.311 e. The van der Waals surface area contributed by atoms with Crippen LogP contribution in [0.2, 0.25) is 0 Å². The van der Waals surface area contributed by atoms with Crippen molar-refractivity contribution in [1.82, 2.24) is 0 Å². The summed E-state index contributed by atoms with van der Waals surface area (Å²) in [4.78, 5) is 4.67. The number of benzene rings is 6. The highest BCUT2D eigenvalue weighted by Gasteiger charge is 2.31. The Hall–Kier alpha value is -5.34. The third kappa shape index (κ3) is 7.31. The molecule has 6 rings (SSSR count). The Bertz CT molecular complexity index is 2050. The molecule has 252 valence electrons. The highest BCUT2D eigenvalue weighted by atomic mass is 15.2. The second-order valence-electron chi connectivity index (χ2n) is 14.5. The molecule has 0 amide bonds. The first-order valence-corrected chi connectivity index (χ1v) is 17.9. The molecule has 0 saturated heterocycles. The zero-order valence-corrected chi connectivity index (χ0v) is 30.3. The van der Waals surface area contributed by atoms with Gasteiger partial charge in [0, 0.05) is 34.1 Å². The van der Waals surface area contributed by atoms with Crippen LogP contribution in [0.25, 0.3) is 22.9 Å². The van der Waals surface area contributed by atoms with E-state index in [2.05, 4.69) is 197 Å². The van der Waals surface area contributed by atoms with Crippen molar-refractivity contribution in [2.24, 2.45) is 11.3 Å². The van der Waals surface area contributed by atoms with Crippen molar-refractivity contribution >= 4 is 57.0 Å². The maximum absolute atomic E-state index is 4.09. The standard InChI is InChI=1S/C48H50N2/c1-8-16-35(4)47(48(5,6)7)39-23-25-42(26-24-39)49(41-19-12-11-13-20-41)43-29-31-44(32-30-43)50(45-27-21-36(9-2)37(10-3)33-45)46-28-22-38-17-14-15-18-40(38)34-46/h9-15,17-35,47H,2-3,8,16H2,1,4-7H3. The van der Waals surface area contributed by atoms with Gasteiger partial charge in [0.15, 0.2) is 0 Å². The molecule has 6 aromatic rings. The summed E-state index contributed by atoms with van der Waals surface area (Å²) < 4.78 is 0. The van der Waals surface area contributed by atoms with Crippen molar-refractivity contribution in [2.75, 3.05) is 9.80 Å². The van der Waals surface area contributed by atoms with Gasteiger partial charge in [0.05, 0.1) is 0 Å². The molecule has 0 N–H and O–H groups in total. The normalized spacial score (nSPS) is 12.7. The molecule has 0 fully saturated rings. The van der Waals surface area contributed by atoms with Crippen LogP contribution in [0.5, 0.6) is 0 Å². The Labute approximate surface area is 300 Å². The molecule has 0 aliphatic rings. The van der Waals surface area contributed by atoms with Gasteiger partial charge in [-0.05, 0) is 118 Å². The van der Waals surface area contributed by atoms with E-state index in [1.54, 1.807) is 0 Å². The smallest absolute Gasteiger partial charge is 0.0468 e. The van der Waals surface area contributed by atoms with Gasteiger partial charge in [-0.25, -0.2) is 0 Å². The van der Waals surface area contributed by atoms with E-state index in [1.807, 2.05) is 12.2 Å². The number of hydrogen-bond donors (Lipinski definition) is 0. The molecule has 0 heterocycles. The predicted octanol–water partition coefficient (Wildman–Crippen LogP) is 14.6. The lowest BCUT2D eigenvalue weighted by Gasteiger charge is -2.36. The summed E-state index contributed by atoms with van der Waals surface area (Å²) in [5.41, 5.74) is 10.3. The molecule has 2 atom stereocenters. The van der Waals surface area contributed by atoms with Crippen LogP contribution in [0.15, 0.2) is 153 Å². The lowest BCUT2D eigenvalue weighted by atomic mass is 9.69. The monoisotopic (exact) mass is 654 g/mol. The molecule has 0 bridgehead atoms. The summed E-state index contributed by atoms with van der Waals surface area (Å²) in [6, 6.07) is 50.6. The van der Waals surface area contributed by atoms with Gasteiger partial charge >= 0.3 is 0 Å². The molecular weight excluding hydrogens is 605 g/mol. The number of nitrogens with zero attached hydrogens (tertiary/aromatic N) is 2. The van der Waals surface area contributed by atoms with Crippen molar-refractivity contribution in [3.8, 4) is 0 Å². The van der Waals surface area contributed by atoms with E-state index in [9.17, 15) is 0 Å². The van der Waals surface area contributed by atoms with Crippen molar-refractivity contribution in [3.63, 3.8) is 0 Å². The van der Waals surface area contributed by atoms with Crippen LogP contribution in [-0.4, -0.2) is 0 Å². The topological polar surface area (TPSA) is 6.48 Å². The number of hydrogen-bond acceptors (Lipinski definition) is 2. The van der Waals surface area contributed by atoms with Gasteiger partial charge in [-0.1, -0.05) is 140 Å². The summed E-state index contributed by atoms with van der Waals surface area (Å²) in [6.45, 7) is 19.9. The first kappa shape index (κ1) is 34.5. The van der Waals surface area contributed by atoms with Crippen LogP contribution >= 0.6 is 0 Å². The maximum Gasteiger partial charge on any atom is 0.0468 e. The Balaban J connectivity index is 1.42. The molecule has 6 aromatic carbocycles. The number of fused-ring (bicyclic) bond motifs is 1. The Morgan fingerprint density at radius 3 is 1.60 bits per heavy atom. The number of para-hydroxylation sites is 1. The van der Waals surface area contributed by atoms with Gasteiger partial charge in [-0.3, -0.25) is 0 Å². The molecule has 0 aliphatic carbocycles. The van der Waals surface area contributed by atoms with Gasteiger partial charge in [0.1, 0.15) is 0 Å². The average Bonchev–Trinajstić information content (AvgIpc) is 3.13. The zero-order valence-electron chi connectivity index (χ0n) is 30.3. The molecule has 0 aromatic heterocycles. The number of rotatable bonds is 12. The van der Waals surface area contributed by atoms with E-state index in [-0.39, 0.29) is 5.41 Å². The summed E-state index contributed by atoms with van der Waals surface area (Å²) in [5, 5.41) is 2.42. The van der Waals surface area contributed by atoms with E-state index < -0.39 is 0 Å². The van der Waals surface area contributed by atoms with Crippen LogP contribution < -0.4 is 9.80 Å². The molecule has 50 heavy (non-hydrogen) atoms. The van der Waals surface area contributed by atoms with Gasteiger partial charge in [0.25, 0.3) is 0 Å². The van der Waals surface area contributed by atoms with Crippen LogP contribution in [0, 0.1) is 11.3 Å². The van der Waals surface area contributed by atoms with Gasteiger partial charge in [-0.2, -0.15) is 0 Å². The highest BCUT2D eigenvalue weighted by Crippen LogP contribution is 2.44. The molecule has 2 unspecified atom stereocenters. The van der Waals surface area contributed by atoms with Crippen molar-refractivity contribution in [2.45, 2.75) is 53.4 Å².